The minimum Gasteiger partial charge on any atom is -0.496 e. The predicted molar refractivity (Wildman–Crippen MR) is 84.7 cm³/mol. The molecule has 2 rings (SSSR count). The number of para-hydroxylation sites is 1. The third-order valence-electron chi connectivity index (χ3n) is 2.66. The third kappa shape index (κ3) is 3.61. The van der Waals surface area contributed by atoms with E-state index < -0.39 is 0 Å². The Morgan fingerprint density at radius 1 is 1.10 bits per heavy atom. The first-order chi connectivity index (χ1) is 9.61. The standard InChI is InChI=1S/C15H12Br2O3/c1-19-14-5-3-2-4-11(14)13(18)9-20-15-7-6-10(16)8-12(15)17/h2-8H,9H2,1H3. The molecule has 2 aromatic rings. The minimum absolute atomic E-state index is 0.0411. The maximum absolute atomic E-state index is 12.1. The van der Waals surface area contributed by atoms with E-state index in [1.807, 2.05) is 18.2 Å². The quantitative estimate of drug-likeness (QED) is 0.695. The molecular formula is C15H12Br2O3. The van der Waals surface area contributed by atoms with Crippen molar-refractivity contribution in [2.24, 2.45) is 0 Å². The molecular weight excluding hydrogens is 388 g/mol. The van der Waals surface area contributed by atoms with Crippen LogP contribution in [0.3, 0.4) is 0 Å². The Morgan fingerprint density at radius 2 is 1.85 bits per heavy atom. The molecule has 0 unspecified atom stereocenters. The molecule has 0 aromatic heterocycles. The van der Waals surface area contributed by atoms with Crippen LogP contribution in [0.1, 0.15) is 10.4 Å². The molecule has 3 nitrogen and oxygen atoms in total. The lowest BCUT2D eigenvalue weighted by Gasteiger charge is -2.10. The Labute approximate surface area is 134 Å². The molecule has 0 radical (unpaired) electrons. The minimum atomic E-state index is -0.128. The van der Waals surface area contributed by atoms with Gasteiger partial charge in [0.25, 0.3) is 0 Å². The van der Waals surface area contributed by atoms with Gasteiger partial charge in [0.1, 0.15) is 11.5 Å². The van der Waals surface area contributed by atoms with Crippen molar-refractivity contribution in [2.75, 3.05) is 13.7 Å². The van der Waals surface area contributed by atoms with Gasteiger partial charge in [-0.25, -0.2) is 0 Å². The average Bonchev–Trinajstić information content (AvgIpc) is 2.46. The van der Waals surface area contributed by atoms with E-state index in [2.05, 4.69) is 31.9 Å². The van der Waals surface area contributed by atoms with E-state index in [-0.39, 0.29) is 12.4 Å². The fraction of sp³-hybridized carbons (Fsp3) is 0.133. The molecule has 104 valence electrons. The molecule has 0 N–H and O–H groups in total. The molecule has 0 aliphatic heterocycles. The van der Waals surface area contributed by atoms with Crippen molar-refractivity contribution in [3.05, 3.63) is 57.0 Å². The lowest BCUT2D eigenvalue weighted by atomic mass is 10.1. The van der Waals surface area contributed by atoms with Crippen LogP contribution >= 0.6 is 31.9 Å². The lowest BCUT2D eigenvalue weighted by Crippen LogP contribution is -2.12. The van der Waals surface area contributed by atoms with Gasteiger partial charge in [0, 0.05) is 4.47 Å². The smallest absolute Gasteiger partial charge is 0.203 e. The van der Waals surface area contributed by atoms with Crippen LogP contribution in [0.15, 0.2) is 51.4 Å². The second kappa shape index (κ2) is 6.90. The molecule has 0 aliphatic rings. The van der Waals surface area contributed by atoms with Crippen LogP contribution in [0.5, 0.6) is 11.5 Å². The van der Waals surface area contributed by atoms with Crippen molar-refractivity contribution in [2.45, 2.75) is 0 Å². The van der Waals surface area contributed by atoms with Crippen molar-refractivity contribution in [1.29, 1.82) is 0 Å². The molecule has 0 heterocycles. The van der Waals surface area contributed by atoms with Crippen LogP contribution in [-0.2, 0) is 0 Å². The van der Waals surface area contributed by atoms with E-state index in [9.17, 15) is 4.79 Å². The Kier molecular flexibility index (Phi) is 5.20. The van der Waals surface area contributed by atoms with Crippen LogP contribution < -0.4 is 9.47 Å². The largest absolute Gasteiger partial charge is 0.496 e. The number of benzene rings is 2. The number of rotatable bonds is 5. The van der Waals surface area contributed by atoms with Gasteiger partial charge in [-0.05, 0) is 46.3 Å². The molecule has 0 saturated heterocycles. The van der Waals surface area contributed by atoms with E-state index >= 15 is 0 Å². The first kappa shape index (κ1) is 15.1. The van der Waals surface area contributed by atoms with Gasteiger partial charge in [-0.3, -0.25) is 4.79 Å². The second-order valence-electron chi connectivity index (χ2n) is 3.99. The third-order valence-corrected chi connectivity index (χ3v) is 3.77. The number of halogens is 2. The topological polar surface area (TPSA) is 35.5 Å². The van der Waals surface area contributed by atoms with Gasteiger partial charge in [-0.2, -0.15) is 0 Å². The van der Waals surface area contributed by atoms with Gasteiger partial charge in [0.2, 0.25) is 5.78 Å². The normalized spacial score (nSPS) is 10.2. The fourth-order valence-corrected chi connectivity index (χ4v) is 2.85. The summed E-state index contributed by atoms with van der Waals surface area (Å²) in [6.07, 6.45) is 0. The zero-order valence-corrected chi connectivity index (χ0v) is 13.9. The summed E-state index contributed by atoms with van der Waals surface area (Å²) in [6, 6.07) is 12.6. The summed E-state index contributed by atoms with van der Waals surface area (Å²) >= 11 is 6.75. The SMILES string of the molecule is COc1ccccc1C(=O)COc1ccc(Br)cc1Br. The van der Waals surface area contributed by atoms with Crippen LogP contribution in [0, 0.1) is 0 Å². The number of ether oxygens (including phenoxy) is 2. The van der Waals surface area contributed by atoms with E-state index in [4.69, 9.17) is 9.47 Å². The molecule has 0 fully saturated rings. The van der Waals surface area contributed by atoms with E-state index in [1.165, 1.54) is 7.11 Å². The van der Waals surface area contributed by atoms with Gasteiger partial charge in [0.15, 0.2) is 6.61 Å². The molecule has 0 saturated carbocycles. The monoisotopic (exact) mass is 398 g/mol. The van der Waals surface area contributed by atoms with Crippen LogP contribution in [0.2, 0.25) is 0 Å². The molecule has 0 spiro atoms. The summed E-state index contributed by atoms with van der Waals surface area (Å²) < 4.78 is 12.4. The lowest BCUT2D eigenvalue weighted by molar-refractivity contribution is 0.0918. The van der Waals surface area contributed by atoms with Gasteiger partial charge < -0.3 is 9.47 Å². The fourth-order valence-electron chi connectivity index (χ4n) is 1.69. The molecule has 0 amide bonds. The van der Waals surface area contributed by atoms with E-state index in [0.29, 0.717) is 17.1 Å². The number of Topliss-reactive ketones (excluding diaryl/α,β-unsaturated/α-hetero) is 1. The van der Waals surface area contributed by atoms with Crippen molar-refractivity contribution >= 4 is 37.6 Å². The Balaban J connectivity index is 2.09. The summed E-state index contributed by atoms with van der Waals surface area (Å²) in [6.45, 7) is -0.0411. The highest BCUT2D eigenvalue weighted by atomic mass is 79.9. The maximum Gasteiger partial charge on any atom is 0.203 e. The van der Waals surface area contributed by atoms with Crippen molar-refractivity contribution in [3.8, 4) is 11.5 Å². The van der Waals surface area contributed by atoms with Gasteiger partial charge in [-0.1, -0.05) is 28.1 Å². The number of carbonyl (C=O) groups excluding carboxylic acids is 1. The summed E-state index contributed by atoms with van der Waals surface area (Å²) in [5, 5.41) is 0. The van der Waals surface area contributed by atoms with Crippen molar-refractivity contribution in [1.82, 2.24) is 0 Å². The Morgan fingerprint density at radius 3 is 2.55 bits per heavy atom. The number of carbonyl (C=O) groups is 1. The first-order valence-corrected chi connectivity index (χ1v) is 7.44. The summed E-state index contributed by atoms with van der Waals surface area (Å²) in [4.78, 5) is 12.1. The van der Waals surface area contributed by atoms with E-state index in [0.717, 1.165) is 8.95 Å². The molecule has 5 heteroatoms. The number of hydrogen-bond donors (Lipinski definition) is 0. The number of ketones is 1. The van der Waals surface area contributed by atoms with Crippen LogP contribution in [-0.4, -0.2) is 19.5 Å². The number of hydrogen-bond acceptors (Lipinski definition) is 3. The van der Waals surface area contributed by atoms with Gasteiger partial charge in [-0.15, -0.1) is 0 Å². The van der Waals surface area contributed by atoms with E-state index in [1.54, 1.807) is 24.3 Å². The highest BCUT2D eigenvalue weighted by Gasteiger charge is 2.13. The van der Waals surface area contributed by atoms with Gasteiger partial charge >= 0.3 is 0 Å². The van der Waals surface area contributed by atoms with Crippen molar-refractivity contribution in [3.63, 3.8) is 0 Å². The van der Waals surface area contributed by atoms with Crippen LogP contribution in [0.4, 0.5) is 0 Å². The van der Waals surface area contributed by atoms with Crippen molar-refractivity contribution < 1.29 is 14.3 Å². The summed E-state index contributed by atoms with van der Waals surface area (Å²) in [5.74, 6) is 1.05. The highest BCUT2D eigenvalue weighted by Crippen LogP contribution is 2.28. The van der Waals surface area contributed by atoms with Crippen LogP contribution in [0.25, 0.3) is 0 Å². The molecule has 0 aliphatic carbocycles. The molecule has 2 aromatic carbocycles. The Hall–Kier alpha value is -1.33. The molecule has 0 bridgehead atoms. The summed E-state index contributed by atoms with van der Waals surface area (Å²) in [5.41, 5.74) is 0.517. The van der Waals surface area contributed by atoms with Gasteiger partial charge in [0.05, 0.1) is 17.1 Å². The molecule has 20 heavy (non-hydrogen) atoms. The second-order valence-corrected chi connectivity index (χ2v) is 5.76. The summed E-state index contributed by atoms with van der Waals surface area (Å²) in [7, 11) is 1.54. The Bertz CT molecular complexity index is 626. The maximum atomic E-state index is 12.1. The number of methoxy groups -OCH3 is 1. The zero-order chi connectivity index (χ0) is 14.5. The highest BCUT2D eigenvalue weighted by molar-refractivity contribution is 9.11. The predicted octanol–water partition coefficient (Wildman–Crippen LogP) is 4.48. The average molecular weight is 400 g/mol. The zero-order valence-electron chi connectivity index (χ0n) is 10.7. The molecule has 0 atom stereocenters. The first-order valence-electron chi connectivity index (χ1n) is 5.86.